The van der Waals surface area contributed by atoms with Crippen LogP contribution < -0.4 is 4.74 Å². The van der Waals surface area contributed by atoms with Gasteiger partial charge in [-0.05, 0) is 60.7 Å². The molecule has 2 aromatic rings. The Balaban J connectivity index is 1.54. The van der Waals surface area contributed by atoms with E-state index in [1.165, 1.54) is 0 Å². The number of aliphatic hydroxyl groups excluding tert-OH is 1. The molecule has 150 valence electrons. The van der Waals surface area contributed by atoms with E-state index in [4.69, 9.17) is 21.1 Å². The summed E-state index contributed by atoms with van der Waals surface area (Å²) in [6, 6.07) is 11.1. The molecule has 4 atom stereocenters. The Kier molecular flexibility index (Phi) is 4.72. The monoisotopic (exact) mass is 474 g/mol. The summed E-state index contributed by atoms with van der Waals surface area (Å²) < 4.78 is 12.7. The fourth-order valence-electron chi connectivity index (χ4n) is 4.93. The number of carbonyl (C=O) groups excluding carboxylic acids is 1. The molecule has 0 spiro atoms. The van der Waals surface area contributed by atoms with Crippen LogP contribution in [0.4, 0.5) is 0 Å². The SMILES string of the molecule is CCc1ccc(Oc2ccc(Br)cc2Cl)cc1C1=C(O)[C@H]2C3CCC(O3)[C@H]2C1=O. The lowest BCUT2D eigenvalue weighted by Gasteiger charge is -2.19. The highest BCUT2D eigenvalue weighted by Crippen LogP contribution is 2.54. The number of hydrogen-bond acceptors (Lipinski definition) is 4. The number of fused-ring (bicyclic) bond motifs is 5. The van der Waals surface area contributed by atoms with E-state index in [-0.39, 0.29) is 35.6 Å². The molecule has 6 heteroatoms. The van der Waals surface area contributed by atoms with Gasteiger partial charge in [-0.15, -0.1) is 0 Å². The van der Waals surface area contributed by atoms with E-state index in [0.717, 1.165) is 34.9 Å². The highest BCUT2D eigenvalue weighted by Gasteiger charge is 2.59. The number of aryl methyl sites for hydroxylation is 1. The van der Waals surface area contributed by atoms with Crippen molar-refractivity contribution in [2.45, 2.75) is 38.4 Å². The van der Waals surface area contributed by atoms with Crippen LogP contribution >= 0.6 is 27.5 Å². The van der Waals surface area contributed by atoms with Crippen molar-refractivity contribution in [3.63, 3.8) is 0 Å². The average Bonchev–Trinajstić information content (AvgIpc) is 3.38. The van der Waals surface area contributed by atoms with E-state index in [9.17, 15) is 9.90 Å². The molecule has 1 N–H and O–H groups in total. The van der Waals surface area contributed by atoms with Crippen molar-refractivity contribution in [3.8, 4) is 11.5 Å². The molecular weight excluding hydrogens is 456 g/mol. The van der Waals surface area contributed by atoms with Gasteiger partial charge >= 0.3 is 0 Å². The van der Waals surface area contributed by atoms with Gasteiger partial charge in [0.05, 0.1) is 34.6 Å². The maximum absolute atomic E-state index is 13.3. The van der Waals surface area contributed by atoms with Crippen LogP contribution in [0.25, 0.3) is 5.57 Å². The van der Waals surface area contributed by atoms with Gasteiger partial charge in [-0.25, -0.2) is 0 Å². The first-order valence-electron chi connectivity index (χ1n) is 9.87. The van der Waals surface area contributed by atoms with Gasteiger partial charge in [-0.3, -0.25) is 4.79 Å². The summed E-state index contributed by atoms with van der Waals surface area (Å²) in [5, 5.41) is 11.5. The molecule has 5 rings (SSSR count). The molecule has 4 nitrogen and oxygen atoms in total. The number of aliphatic hydroxyl groups is 1. The zero-order valence-electron chi connectivity index (χ0n) is 15.8. The number of allylic oxidation sites excluding steroid dienone is 1. The topological polar surface area (TPSA) is 55.8 Å². The van der Waals surface area contributed by atoms with Crippen LogP contribution in [0.1, 0.15) is 30.9 Å². The number of Topliss-reactive ketones (excluding diaryl/α,β-unsaturated/α-hetero) is 1. The molecule has 2 bridgehead atoms. The van der Waals surface area contributed by atoms with Crippen LogP contribution in [0.2, 0.25) is 5.02 Å². The molecule has 2 fully saturated rings. The van der Waals surface area contributed by atoms with Gasteiger partial charge < -0.3 is 14.6 Å². The molecule has 2 heterocycles. The third kappa shape index (κ3) is 3.02. The predicted octanol–water partition coefficient (Wildman–Crippen LogP) is 6.10. The molecule has 0 saturated carbocycles. The molecule has 0 radical (unpaired) electrons. The van der Waals surface area contributed by atoms with Gasteiger partial charge in [-0.1, -0.05) is 40.5 Å². The molecule has 2 aromatic carbocycles. The van der Waals surface area contributed by atoms with Crippen molar-refractivity contribution in [3.05, 3.63) is 62.8 Å². The van der Waals surface area contributed by atoms with Crippen LogP contribution in [-0.4, -0.2) is 23.1 Å². The van der Waals surface area contributed by atoms with Crippen LogP contribution in [0.15, 0.2) is 46.6 Å². The standard InChI is InChI=1S/C23H20BrClO4/c1-2-11-3-5-13(28-16-6-4-12(24)9-15(16)25)10-14(11)19-22(26)20-17-7-8-18(29-17)21(20)23(19)27/h3-6,9-10,17-18,20-21,26H,2,7-8H2,1H3/t17?,18?,20-,21+/m0/s1. The number of rotatable bonds is 4. The zero-order valence-corrected chi connectivity index (χ0v) is 18.2. The Hall–Kier alpha value is -1.82. The Morgan fingerprint density at radius 3 is 2.62 bits per heavy atom. The molecule has 29 heavy (non-hydrogen) atoms. The van der Waals surface area contributed by atoms with Crippen LogP contribution in [0.3, 0.4) is 0 Å². The summed E-state index contributed by atoms with van der Waals surface area (Å²) in [4.78, 5) is 13.3. The second-order valence-corrected chi connectivity index (χ2v) is 9.14. The third-order valence-corrected chi connectivity index (χ3v) is 7.04. The fourth-order valence-corrected chi connectivity index (χ4v) is 5.65. The maximum Gasteiger partial charge on any atom is 0.173 e. The smallest absolute Gasteiger partial charge is 0.173 e. The summed E-state index contributed by atoms with van der Waals surface area (Å²) in [5.74, 6) is 0.828. The maximum atomic E-state index is 13.3. The van der Waals surface area contributed by atoms with Crippen LogP contribution in [0.5, 0.6) is 11.5 Å². The largest absolute Gasteiger partial charge is 0.511 e. The fraction of sp³-hybridized carbons (Fsp3) is 0.348. The third-order valence-electron chi connectivity index (χ3n) is 6.25. The van der Waals surface area contributed by atoms with Crippen molar-refractivity contribution in [1.82, 2.24) is 0 Å². The molecule has 0 aromatic heterocycles. The highest BCUT2D eigenvalue weighted by atomic mass is 79.9. The first kappa shape index (κ1) is 19.2. The lowest BCUT2D eigenvalue weighted by molar-refractivity contribution is -0.118. The van der Waals surface area contributed by atoms with Crippen molar-refractivity contribution in [2.24, 2.45) is 11.8 Å². The molecule has 0 amide bonds. The second kappa shape index (κ2) is 7.15. The van der Waals surface area contributed by atoms with Crippen LogP contribution in [-0.2, 0) is 16.0 Å². The van der Waals surface area contributed by atoms with Crippen molar-refractivity contribution in [2.75, 3.05) is 0 Å². The van der Waals surface area contributed by atoms with Crippen LogP contribution in [0, 0.1) is 11.8 Å². The lowest BCUT2D eigenvalue weighted by atomic mass is 9.80. The van der Waals surface area contributed by atoms with Crippen molar-refractivity contribution in [1.29, 1.82) is 0 Å². The first-order valence-corrected chi connectivity index (χ1v) is 11.0. The summed E-state index contributed by atoms with van der Waals surface area (Å²) in [6.07, 6.45) is 2.43. The van der Waals surface area contributed by atoms with E-state index in [0.29, 0.717) is 22.1 Å². The second-order valence-electron chi connectivity index (χ2n) is 7.82. The van der Waals surface area contributed by atoms with E-state index in [1.54, 1.807) is 12.1 Å². The predicted molar refractivity (Wildman–Crippen MR) is 114 cm³/mol. The molecule has 2 aliphatic heterocycles. The van der Waals surface area contributed by atoms with Gasteiger partial charge in [0.2, 0.25) is 0 Å². The Morgan fingerprint density at radius 2 is 1.93 bits per heavy atom. The molecular formula is C23H20BrClO4. The summed E-state index contributed by atoms with van der Waals surface area (Å²) in [7, 11) is 0. The van der Waals surface area contributed by atoms with Gasteiger partial charge in [0.25, 0.3) is 0 Å². The van der Waals surface area contributed by atoms with E-state index in [2.05, 4.69) is 15.9 Å². The van der Waals surface area contributed by atoms with Crippen molar-refractivity contribution < 1.29 is 19.4 Å². The first-order chi connectivity index (χ1) is 14.0. The molecule has 2 unspecified atom stereocenters. The highest BCUT2D eigenvalue weighted by molar-refractivity contribution is 9.10. The quantitative estimate of drug-likeness (QED) is 0.580. The normalized spacial score (nSPS) is 27.6. The minimum Gasteiger partial charge on any atom is -0.511 e. The zero-order chi connectivity index (χ0) is 20.3. The minimum absolute atomic E-state index is 0.00627. The van der Waals surface area contributed by atoms with E-state index < -0.39 is 0 Å². The summed E-state index contributed by atoms with van der Waals surface area (Å²) >= 11 is 9.67. The Labute approximate surface area is 182 Å². The summed E-state index contributed by atoms with van der Waals surface area (Å²) in [6.45, 7) is 2.04. The molecule has 3 aliphatic rings. The van der Waals surface area contributed by atoms with Gasteiger partial charge in [0, 0.05) is 4.47 Å². The van der Waals surface area contributed by atoms with Gasteiger partial charge in [0.1, 0.15) is 17.3 Å². The lowest BCUT2D eigenvalue weighted by Crippen LogP contribution is -2.29. The number of carbonyl (C=O) groups is 1. The Bertz CT molecular complexity index is 1050. The van der Waals surface area contributed by atoms with Gasteiger partial charge in [0.15, 0.2) is 5.78 Å². The number of ketones is 1. The Morgan fingerprint density at radius 1 is 1.17 bits per heavy atom. The summed E-state index contributed by atoms with van der Waals surface area (Å²) in [5.41, 5.74) is 2.18. The minimum atomic E-state index is -0.251. The van der Waals surface area contributed by atoms with Gasteiger partial charge in [-0.2, -0.15) is 0 Å². The number of ether oxygens (including phenoxy) is 2. The number of hydrogen-bond donors (Lipinski definition) is 1. The van der Waals surface area contributed by atoms with E-state index in [1.807, 2.05) is 31.2 Å². The number of halogens is 2. The number of benzene rings is 2. The molecule has 2 saturated heterocycles. The average molecular weight is 476 g/mol. The van der Waals surface area contributed by atoms with E-state index >= 15 is 0 Å². The molecule has 1 aliphatic carbocycles. The van der Waals surface area contributed by atoms with Crippen molar-refractivity contribution >= 4 is 38.9 Å².